The summed E-state index contributed by atoms with van der Waals surface area (Å²) in [6.07, 6.45) is 0. The number of nitrogens with zero attached hydrogens (tertiary/aromatic N) is 1. The number of morpholine rings is 1. The number of nitrogen functional groups attached to an aromatic ring is 1. The van der Waals surface area contributed by atoms with E-state index in [1.807, 2.05) is 34.4 Å². The highest BCUT2D eigenvalue weighted by molar-refractivity contribution is 14.1. The lowest BCUT2D eigenvalue weighted by Gasteiger charge is -2.37. The Labute approximate surface area is 130 Å². The van der Waals surface area contributed by atoms with Gasteiger partial charge in [-0.15, -0.1) is 0 Å². The molecule has 1 saturated heterocycles. The molecule has 20 heavy (non-hydrogen) atoms. The predicted octanol–water partition coefficient (Wildman–Crippen LogP) is 1.35. The second-order valence-corrected chi connectivity index (χ2v) is 5.67. The molecular weight excluding hydrogens is 376 g/mol. The number of benzene rings is 1. The number of nitrogens with one attached hydrogen (secondary N) is 1. The molecule has 3 N–H and O–H groups in total. The third kappa shape index (κ3) is 3.14. The number of hydrogen-bond acceptors (Lipinski definition) is 4. The molecule has 0 saturated carbocycles. The first-order valence-corrected chi connectivity index (χ1v) is 7.49. The van der Waals surface area contributed by atoms with Crippen LogP contribution >= 0.6 is 22.6 Å². The Morgan fingerprint density at radius 3 is 3.10 bits per heavy atom. The maximum atomic E-state index is 13.8. The summed E-state index contributed by atoms with van der Waals surface area (Å²) in [5, 5.41) is 2.76. The van der Waals surface area contributed by atoms with Crippen LogP contribution < -0.4 is 16.0 Å². The molecule has 110 valence electrons. The number of halogens is 2. The molecule has 1 heterocycles. The Hall–Kier alpha value is -1.09. The standard InChI is InChI=1S/C13H17FIN3O2/c1-2-17-13(19)12-7-20-4-3-18(12)11-5-8(14)9(15)6-10(11)16/h5-6,12H,2-4,7,16H2,1H3,(H,17,19). The number of rotatable bonds is 3. The van der Waals surface area contributed by atoms with Crippen LogP contribution in [0.5, 0.6) is 0 Å². The van der Waals surface area contributed by atoms with Crippen molar-refractivity contribution < 1.29 is 13.9 Å². The highest BCUT2D eigenvalue weighted by Crippen LogP contribution is 2.30. The summed E-state index contributed by atoms with van der Waals surface area (Å²) in [4.78, 5) is 13.9. The quantitative estimate of drug-likeness (QED) is 0.601. The van der Waals surface area contributed by atoms with Crippen LogP contribution in [0.1, 0.15) is 6.92 Å². The SMILES string of the molecule is CCNC(=O)C1COCCN1c1cc(F)c(I)cc1N. The van der Waals surface area contributed by atoms with E-state index in [2.05, 4.69) is 5.32 Å². The van der Waals surface area contributed by atoms with E-state index < -0.39 is 6.04 Å². The van der Waals surface area contributed by atoms with Crippen LogP contribution in [0.2, 0.25) is 0 Å². The Morgan fingerprint density at radius 1 is 1.65 bits per heavy atom. The second kappa shape index (κ2) is 6.57. The maximum Gasteiger partial charge on any atom is 0.245 e. The zero-order chi connectivity index (χ0) is 14.7. The monoisotopic (exact) mass is 393 g/mol. The average Bonchev–Trinajstić information content (AvgIpc) is 2.43. The number of carbonyl (C=O) groups excluding carboxylic acids is 1. The number of amides is 1. The predicted molar refractivity (Wildman–Crippen MR) is 84.2 cm³/mol. The topological polar surface area (TPSA) is 67.6 Å². The molecule has 1 amide bonds. The van der Waals surface area contributed by atoms with Crippen LogP contribution in [0.25, 0.3) is 0 Å². The van der Waals surface area contributed by atoms with Crippen molar-refractivity contribution in [1.29, 1.82) is 0 Å². The Kier molecular flexibility index (Phi) is 5.03. The van der Waals surface area contributed by atoms with Crippen molar-refractivity contribution in [1.82, 2.24) is 5.32 Å². The van der Waals surface area contributed by atoms with E-state index in [9.17, 15) is 9.18 Å². The fourth-order valence-electron chi connectivity index (χ4n) is 2.20. The number of nitrogens with two attached hydrogens (primary N) is 1. The first kappa shape index (κ1) is 15.3. The molecule has 1 aliphatic rings. The molecule has 1 unspecified atom stereocenters. The van der Waals surface area contributed by atoms with Crippen molar-refractivity contribution in [3.63, 3.8) is 0 Å². The number of likely N-dealkylation sites (N-methyl/N-ethyl adjacent to an activating group) is 1. The summed E-state index contributed by atoms with van der Waals surface area (Å²) >= 11 is 1.89. The zero-order valence-corrected chi connectivity index (χ0v) is 13.3. The van der Waals surface area contributed by atoms with Crippen LogP contribution in [0.15, 0.2) is 12.1 Å². The first-order valence-electron chi connectivity index (χ1n) is 6.41. The van der Waals surface area contributed by atoms with Gasteiger partial charge in [-0.05, 0) is 35.6 Å². The molecule has 1 aromatic carbocycles. The number of hydrogen-bond donors (Lipinski definition) is 2. The van der Waals surface area contributed by atoms with Gasteiger partial charge in [0.25, 0.3) is 0 Å². The molecule has 1 aliphatic heterocycles. The van der Waals surface area contributed by atoms with Gasteiger partial charge in [-0.2, -0.15) is 0 Å². The van der Waals surface area contributed by atoms with E-state index in [1.54, 1.807) is 6.07 Å². The van der Waals surface area contributed by atoms with Gasteiger partial charge in [0, 0.05) is 19.2 Å². The molecule has 0 aromatic heterocycles. The minimum Gasteiger partial charge on any atom is -0.397 e. The molecule has 0 spiro atoms. The van der Waals surface area contributed by atoms with Gasteiger partial charge in [0.05, 0.1) is 28.2 Å². The molecular formula is C13H17FIN3O2. The van der Waals surface area contributed by atoms with Crippen LogP contribution in [0, 0.1) is 9.39 Å². The molecule has 7 heteroatoms. The van der Waals surface area contributed by atoms with E-state index in [1.165, 1.54) is 6.07 Å². The fourth-order valence-corrected chi connectivity index (χ4v) is 2.69. The van der Waals surface area contributed by atoms with Crippen molar-refractivity contribution in [2.45, 2.75) is 13.0 Å². The summed E-state index contributed by atoms with van der Waals surface area (Å²) in [6, 6.07) is 2.48. The summed E-state index contributed by atoms with van der Waals surface area (Å²) in [5.74, 6) is -0.471. The van der Waals surface area contributed by atoms with Crippen molar-refractivity contribution in [3.05, 3.63) is 21.5 Å². The van der Waals surface area contributed by atoms with Gasteiger partial charge < -0.3 is 20.7 Å². The van der Waals surface area contributed by atoms with Crippen molar-refractivity contribution >= 4 is 39.9 Å². The van der Waals surface area contributed by atoms with Crippen molar-refractivity contribution in [2.24, 2.45) is 0 Å². The van der Waals surface area contributed by atoms with Gasteiger partial charge in [-0.25, -0.2) is 4.39 Å². The van der Waals surface area contributed by atoms with Crippen molar-refractivity contribution in [2.75, 3.05) is 36.9 Å². The Balaban J connectivity index is 2.32. The molecule has 1 aromatic rings. The molecule has 1 fully saturated rings. The van der Waals surface area contributed by atoms with E-state index in [0.717, 1.165) is 0 Å². The first-order chi connectivity index (χ1) is 9.54. The molecule has 1 atom stereocenters. The van der Waals surface area contributed by atoms with Crippen LogP contribution in [-0.4, -0.2) is 38.3 Å². The molecule has 0 bridgehead atoms. The lowest BCUT2D eigenvalue weighted by Crippen LogP contribution is -2.54. The second-order valence-electron chi connectivity index (χ2n) is 4.50. The van der Waals surface area contributed by atoms with Crippen LogP contribution in [0.3, 0.4) is 0 Å². The number of ether oxygens (including phenoxy) is 1. The molecule has 5 nitrogen and oxygen atoms in total. The summed E-state index contributed by atoms with van der Waals surface area (Å²) in [7, 11) is 0. The van der Waals surface area contributed by atoms with Gasteiger partial charge in [0.1, 0.15) is 11.9 Å². The summed E-state index contributed by atoms with van der Waals surface area (Å²) < 4.78 is 19.6. The Bertz CT molecular complexity index is 513. The molecule has 0 radical (unpaired) electrons. The highest BCUT2D eigenvalue weighted by atomic mass is 127. The maximum absolute atomic E-state index is 13.8. The fraction of sp³-hybridized carbons (Fsp3) is 0.462. The Morgan fingerprint density at radius 2 is 2.40 bits per heavy atom. The third-order valence-electron chi connectivity index (χ3n) is 3.16. The van der Waals surface area contributed by atoms with E-state index in [4.69, 9.17) is 10.5 Å². The van der Waals surface area contributed by atoms with Gasteiger partial charge in [-0.1, -0.05) is 0 Å². The van der Waals surface area contributed by atoms with Gasteiger partial charge in [0.2, 0.25) is 5.91 Å². The van der Waals surface area contributed by atoms with Crippen LogP contribution in [-0.2, 0) is 9.53 Å². The van der Waals surface area contributed by atoms with Gasteiger partial charge in [0.15, 0.2) is 0 Å². The minimum atomic E-state index is -0.481. The number of carbonyl (C=O) groups is 1. The normalized spacial score (nSPS) is 18.9. The molecule has 0 aliphatic carbocycles. The van der Waals surface area contributed by atoms with Crippen molar-refractivity contribution in [3.8, 4) is 0 Å². The van der Waals surface area contributed by atoms with E-state index in [-0.39, 0.29) is 18.3 Å². The van der Waals surface area contributed by atoms with E-state index in [0.29, 0.717) is 34.6 Å². The summed E-state index contributed by atoms with van der Waals surface area (Å²) in [6.45, 7) is 3.67. The molecule has 2 rings (SSSR count). The third-order valence-corrected chi connectivity index (χ3v) is 3.99. The largest absolute Gasteiger partial charge is 0.397 e. The lowest BCUT2D eigenvalue weighted by molar-refractivity contribution is -0.124. The highest BCUT2D eigenvalue weighted by Gasteiger charge is 2.30. The zero-order valence-electron chi connectivity index (χ0n) is 11.2. The smallest absolute Gasteiger partial charge is 0.245 e. The minimum absolute atomic E-state index is 0.134. The summed E-state index contributed by atoms with van der Waals surface area (Å²) in [5.41, 5.74) is 6.98. The van der Waals surface area contributed by atoms with Gasteiger partial charge in [-0.3, -0.25) is 4.79 Å². The van der Waals surface area contributed by atoms with Crippen LogP contribution in [0.4, 0.5) is 15.8 Å². The van der Waals surface area contributed by atoms with E-state index >= 15 is 0 Å². The number of anilines is 2. The average molecular weight is 393 g/mol. The lowest BCUT2D eigenvalue weighted by atomic mass is 10.1. The van der Waals surface area contributed by atoms with Gasteiger partial charge >= 0.3 is 0 Å².